The Morgan fingerprint density at radius 1 is 1.78 bits per heavy atom. The molecule has 4 N–H and O–H groups in total. The van der Waals surface area contributed by atoms with Gasteiger partial charge >= 0.3 is 5.97 Å². The molecule has 54 valence electrons. The summed E-state index contributed by atoms with van der Waals surface area (Å²) in [6, 6.07) is 0. The highest BCUT2D eigenvalue weighted by Gasteiger charge is 2.20. The molecule has 0 heterocycles. The molecule has 0 saturated heterocycles. The third-order valence-electron chi connectivity index (χ3n) is 0.916. The lowest BCUT2D eigenvalue weighted by Crippen LogP contribution is -2.42. The van der Waals surface area contributed by atoms with E-state index in [0.29, 0.717) is 0 Å². The number of aliphatic hydroxyl groups excluding tert-OH is 1. The van der Waals surface area contributed by atoms with Crippen molar-refractivity contribution in [1.29, 1.82) is 0 Å². The molecule has 4 nitrogen and oxygen atoms in total. The highest BCUT2D eigenvalue weighted by atomic mass is 16.4. The monoisotopic (exact) mass is 133 g/mol. The second kappa shape index (κ2) is 2.80. The van der Waals surface area contributed by atoms with Gasteiger partial charge in [-0.25, -0.2) is 0 Å². The number of nitrogens with two attached hydrogens (primary N) is 1. The zero-order chi connectivity index (χ0) is 7.49. The molecule has 0 aliphatic rings. The standard InChI is InChI=1S/C5H11NO3/c1-5(6,3-7)2-4(8)9/h7H,2-3,6H2,1H3,(H,8,9)/t5-/m1/s1. The quantitative estimate of drug-likeness (QED) is 0.469. The highest BCUT2D eigenvalue weighted by molar-refractivity contribution is 5.68. The number of aliphatic carboxylic acids is 1. The van der Waals surface area contributed by atoms with Gasteiger partial charge in [-0.05, 0) is 6.92 Å². The maximum Gasteiger partial charge on any atom is 0.305 e. The van der Waals surface area contributed by atoms with Crippen molar-refractivity contribution in [3.8, 4) is 0 Å². The van der Waals surface area contributed by atoms with Gasteiger partial charge in [0.1, 0.15) is 0 Å². The fourth-order valence-electron chi connectivity index (χ4n) is 0.401. The zero-order valence-corrected chi connectivity index (χ0v) is 5.29. The van der Waals surface area contributed by atoms with E-state index in [1.165, 1.54) is 6.92 Å². The van der Waals surface area contributed by atoms with E-state index in [2.05, 4.69) is 0 Å². The molecular formula is C5H11NO3. The van der Waals surface area contributed by atoms with E-state index < -0.39 is 11.5 Å². The molecule has 0 saturated carbocycles. The van der Waals surface area contributed by atoms with Gasteiger partial charge in [0.25, 0.3) is 0 Å². The van der Waals surface area contributed by atoms with Crippen molar-refractivity contribution in [3.63, 3.8) is 0 Å². The molecule has 1 atom stereocenters. The second-order valence-corrected chi connectivity index (χ2v) is 2.38. The van der Waals surface area contributed by atoms with Gasteiger partial charge < -0.3 is 15.9 Å². The van der Waals surface area contributed by atoms with Crippen LogP contribution in [0.2, 0.25) is 0 Å². The van der Waals surface area contributed by atoms with Crippen molar-refractivity contribution < 1.29 is 15.0 Å². The van der Waals surface area contributed by atoms with Crippen LogP contribution in [-0.2, 0) is 4.79 Å². The molecular weight excluding hydrogens is 122 g/mol. The van der Waals surface area contributed by atoms with Crippen molar-refractivity contribution in [1.82, 2.24) is 0 Å². The second-order valence-electron chi connectivity index (χ2n) is 2.38. The number of hydrogen-bond donors (Lipinski definition) is 3. The normalized spacial score (nSPS) is 16.8. The lowest BCUT2D eigenvalue weighted by atomic mass is 10.0. The van der Waals surface area contributed by atoms with Crippen LogP contribution in [0.3, 0.4) is 0 Å². The average Bonchev–Trinajstić information content (AvgIpc) is 1.63. The van der Waals surface area contributed by atoms with Crippen LogP contribution in [0.25, 0.3) is 0 Å². The Bertz CT molecular complexity index is 111. The van der Waals surface area contributed by atoms with Gasteiger partial charge in [0, 0.05) is 5.54 Å². The Hall–Kier alpha value is -0.610. The van der Waals surface area contributed by atoms with Crippen LogP contribution in [0, 0.1) is 0 Å². The van der Waals surface area contributed by atoms with Crippen LogP contribution in [0.15, 0.2) is 0 Å². The minimum absolute atomic E-state index is 0.205. The molecule has 0 aromatic carbocycles. The zero-order valence-electron chi connectivity index (χ0n) is 5.29. The summed E-state index contributed by atoms with van der Waals surface area (Å²) < 4.78 is 0. The molecule has 0 aliphatic heterocycles. The first kappa shape index (κ1) is 8.39. The van der Waals surface area contributed by atoms with Gasteiger partial charge in [-0.15, -0.1) is 0 Å². The third-order valence-corrected chi connectivity index (χ3v) is 0.916. The van der Waals surface area contributed by atoms with E-state index in [-0.39, 0.29) is 13.0 Å². The molecule has 0 unspecified atom stereocenters. The van der Waals surface area contributed by atoms with Gasteiger partial charge in [0.05, 0.1) is 13.0 Å². The van der Waals surface area contributed by atoms with E-state index in [4.69, 9.17) is 15.9 Å². The van der Waals surface area contributed by atoms with Crippen LogP contribution >= 0.6 is 0 Å². The smallest absolute Gasteiger partial charge is 0.305 e. The van der Waals surface area contributed by atoms with Crippen molar-refractivity contribution in [2.75, 3.05) is 6.61 Å². The van der Waals surface area contributed by atoms with Gasteiger partial charge in [-0.3, -0.25) is 4.79 Å². The molecule has 0 aromatic heterocycles. The molecule has 0 aromatic rings. The summed E-state index contributed by atoms with van der Waals surface area (Å²) in [5.41, 5.74) is 4.31. The Morgan fingerprint density at radius 2 is 2.22 bits per heavy atom. The average molecular weight is 133 g/mol. The van der Waals surface area contributed by atoms with Gasteiger partial charge in [0.15, 0.2) is 0 Å². The first-order valence-electron chi connectivity index (χ1n) is 2.59. The van der Waals surface area contributed by atoms with Gasteiger partial charge in [-0.2, -0.15) is 0 Å². The van der Waals surface area contributed by atoms with Crippen molar-refractivity contribution in [2.24, 2.45) is 5.73 Å². The Morgan fingerprint density at radius 3 is 2.33 bits per heavy atom. The first-order valence-corrected chi connectivity index (χ1v) is 2.59. The Labute approximate surface area is 53.3 Å². The molecule has 9 heavy (non-hydrogen) atoms. The summed E-state index contributed by atoms with van der Waals surface area (Å²) >= 11 is 0. The fraction of sp³-hybridized carbons (Fsp3) is 0.800. The number of rotatable bonds is 3. The van der Waals surface area contributed by atoms with Crippen LogP contribution in [0.1, 0.15) is 13.3 Å². The van der Waals surface area contributed by atoms with Crippen LogP contribution in [0.5, 0.6) is 0 Å². The van der Waals surface area contributed by atoms with Crippen LogP contribution in [0.4, 0.5) is 0 Å². The lowest BCUT2D eigenvalue weighted by Gasteiger charge is -2.17. The minimum Gasteiger partial charge on any atom is -0.481 e. The summed E-state index contributed by atoms with van der Waals surface area (Å²) in [5.74, 6) is -0.992. The SMILES string of the molecule is C[C@](N)(CO)CC(=O)O. The minimum atomic E-state index is -0.992. The lowest BCUT2D eigenvalue weighted by molar-refractivity contribution is -0.138. The molecule has 0 amide bonds. The largest absolute Gasteiger partial charge is 0.481 e. The van der Waals surface area contributed by atoms with Crippen LogP contribution in [-0.4, -0.2) is 28.3 Å². The third kappa shape index (κ3) is 3.93. The van der Waals surface area contributed by atoms with Crippen molar-refractivity contribution >= 4 is 5.97 Å². The highest BCUT2D eigenvalue weighted by Crippen LogP contribution is 2.02. The molecule has 0 aliphatic carbocycles. The number of carboxylic acids is 1. The summed E-state index contributed by atoms with van der Waals surface area (Å²) in [6.07, 6.45) is -0.205. The predicted molar refractivity (Wildman–Crippen MR) is 31.9 cm³/mol. The molecule has 0 fully saturated rings. The molecule has 0 radical (unpaired) electrons. The van der Waals surface area contributed by atoms with E-state index in [1.54, 1.807) is 0 Å². The Kier molecular flexibility index (Phi) is 2.61. The summed E-state index contributed by atoms with van der Waals surface area (Å²) in [5, 5.41) is 16.6. The summed E-state index contributed by atoms with van der Waals surface area (Å²) in [6.45, 7) is 1.18. The molecule has 0 spiro atoms. The van der Waals surface area contributed by atoms with E-state index in [9.17, 15) is 4.79 Å². The fourth-order valence-corrected chi connectivity index (χ4v) is 0.401. The van der Waals surface area contributed by atoms with Crippen LogP contribution < -0.4 is 5.73 Å². The molecule has 4 heteroatoms. The van der Waals surface area contributed by atoms with E-state index in [0.717, 1.165) is 0 Å². The maximum absolute atomic E-state index is 9.98. The van der Waals surface area contributed by atoms with Gasteiger partial charge in [0.2, 0.25) is 0 Å². The maximum atomic E-state index is 9.98. The molecule has 0 rings (SSSR count). The predicted octanol–water partition coefficient (Wildman–Crippen LogP) is -0.829. The van der Waals surface area contributed by atoms with Gasteiger partial charge in [-0.1, -0.05) is 0 Å². The first-order chi connectivity index (χ1) is 3.98. The summed E-state index contributed by atoms with van der Waals surface area (Å²) in [4.78, 5) is 9.98. The molecule has 0 bridgehead atoms. The topological polar surface area (TPSA) is 83.5 Å². The number of carbonyl (C=O) groups is 1. The van der Waals surface area contributed by atoms with Crippen molar-refractivity contribution in [2.45, 2.75) is 18.9 Å². The number of hydrogen-bond acceptors (Lipinski definition) is 3. The van der Waals surface area contributed by atoms with E-state index in [1.807, 2.05) is 0 Å². The summed E-state index contributed by atoms with van der Waals surface area (Å²) in [7, 11) is 0. The number of carboxylic acid groups (broad SMARTS) is 1. The van der Waals surface area contributed by atoms with Crippen molar-refractivity contribution in [3.05, 3.63) is 0 Å². The Balaban J connectivity index is 3.71. The number of aliphatic hydroxyl groups is 1. The van der Waals surface area contributed by atoms with E-state index >= 15 is 0 Å².